The van der Waals surface area contributed by atoms with E-state index >= 15 is 0 Å². The molecule has 1 aliphatic rings. The maximum Gasteiger partial charge on any atom is 0.266 e. The zero-order valence-corrected chi connectivity index (χ0v) is 12.3. The Morgan fingerprint density at radius 3 is 2.90 bits per heavy atom. The van der Waals surface area contributed by atoms with E-state index < -0.39 is 5.82 Å². The van der Waals surface area contributed by atoms with Gasteiger partial charge in [-0.05, 0) is 30.9 Å². The number of nitrogens with zero attached hydrogens (tertiary/aromatic N) is 1. The summed E-state index contributed by atoms with van der Waals surface area (Å²) < 4.78 is 14.5. The fourth-order valence-electron chi connectivity index (χ4n) is 2.37. The number of terminal acetylenes is 1. The van der Waals surface area contributed by atoms with E-state index in [0.717, 1.165) is 12.8 Å². The summed E-state index contributed by atoms with van der Waals surface area (Å²) in [6.07, 6.45) is 7.61. The Morgan fingerprint density at radius 2 is 2.29 bits per heavy atom. The van der Waals surface area contributed by atoms with Gasteiger partial charge in [-0.1, -0.05) is 12.0 Å². The number of fused-ring (bicyclic) bond motifs is 1. The van der Waals surface area contributed by atoms with E-state index in [-0.39, 0.29) is 18.1 Å². The SMILES string of the molecule is C#CCN(CC1CC1)C(=O)c1sc2cccc(F)c2c1N. The first-order chi connectivity index (χ1) is 10.1. The molecule has 3 nitrogen and oxygen atoms in total. The van der Waals surface area contributed by atoms with E-state index in [2.05, 4.69) is 5.92 Å². The van der Waals surface area contributed by atoms with Crippen LogP contribution in [0.2, 0.25) is 0 Å². The Hall–Kier alpha value is -2.06. The van der Waals surface area contributed by atoms with Gasteiger partial charge in [-0.25, -0.2) is 4.39 Å². The van der Waals surface area contributed by atoms with Crippen LogP contribution in [-0.4, -0.2) is 23.9 Å². The Kier molecular flexibility index (Phi) is 3.56. The second kappa shape index (κ2) is 5.38. The normalized spacial score (nSPS) is 14.1. The lowest BCUT2D eigenvalue weighted by molar-refractivity contribution is 0.0775. The van der Waals surface area contributed by atoms with Crippen LogP contribution in [0.3, 0.4) is 0 Å². The fourth-order valence-corrected chi connectivity index (χ4v) is 3.48. The van der Waals surface area contributed by atoms with E-state index in [1.807, 2.05) is 0 Å². The predicted molar refractivity (Wildman–Crippen MR) is 83.7 cm³/mol. The summed E-state index contributed by atoms with van der Waals surface area (Å²) in [6.45, 7) is 0.907. The molecular formula is C16H15FN2OS. The van der Waals surface area contributed by atoms with Gasteiger partial charge in [0.05, 0.1) is 17.6 Å². The molecule has 0 atom stereocenters. The zero-order valence-electron chi connectivity index (χ0n) is 11.4. The molecule has 1 aromatic carbocycles. The van der Waals surface area contributed by atoms with Crippen LogP contribution in [0.1, 0.15) is 22.5 Å². The molecule has 0 radical (unpaired) electrons. The first-order valence-electron chi connectivity index (χ1n) is 6.81. The minimum Gasteiger partial charge on any atom is -0.397 e. The number of hydrogen-bond acceptors (Lipinski definition) is 3. The van der Waals surface area contributed by atoms with Crippen molar-refractivity contribution < 1.29 is 9.18 Å². The fraction of sp³-hybridized carbons (Fsp3) is 0.312. The van der Waals surface area contributed by atoms with Crippen molar-refractivity contribution in [2.24, 2.45) is 5.92 Å². The Bertz CT molecular complexity index is 743. The van der Waals surface area contributed by atoms with Crippen LogP contribution in [-0.2, 0) is 0 Å². The van der Waals surface area contributed by atoms with Crippen molar-refractivity contribution in [1.29, 1.82) is 0 Å². The molecule has 0 unspecified atom stereocenters. The number of amides is 1. The molecular weight excluding hydrogens is 287 g/mol. The van der Waals surface area contributed by atoms with Crippen molar-refractivity contribution in [1.82, 2.24) is 4.90 Å². The molecule has 21 heavy (non-hydrogen) atoms. The Balaban J connectivity index is 1.98. The van der Waals surface area contributed by atoms with E-state index in [1.54, 1.807) is 17.0 Å². The first-order valence-corrected chi connectivity index (χ1v) is 7.62. The molecule has 0 bridgehead atoms. The van der Waals surface area contributed by atoms with Gasteiger partial charge >= 0.3 is 0 Å². The van der Waals surface area contributed by atoms with Gasteiger partial charge < -0.3 is 10.6 Å². The summed E-state index contributed by atoms with van der Waals surface area (Å²) in [5.74, 6) is 2.45. The molecule has 3 rings (SSSR count). The van der Waals surface area contributed by atoms with Gasteiger partial charge in [-0.2, -0.15) is 0 Å². The number of benzene rings is 1. The molecule has 1 fully saturated rings. The third-order valence-electron chi connectivity index (χ3n) is 3.64. The number of nitrogen functional groups attached to an aromatic ring is 1. The molecule has 1 heterocycles. The van der Waals surface area contributed by atoms with E-state index in [1.165, 1.54) is 17.4 Å². The highest BCUT2D eigenvalue weighted by molar-refractivity contribution is 7.21. The number of thiophene rings is 1. The van der Waals surface area contributed by atoms with Gasteiger partial charge in [0.15, 0.2) is 0 Å². The minimum atomic E-state index is -0.397. The molecule has 0 saturated heterocycles. The van der Waals surface area contributed by atoms with Crippen molar-refractivity contribution in [3.05, 3.63) is 28.9 Å². The molecule has 2 aromatic rings. The quantitative estimate of drug-likeness (QED) is 0.882. The van der Waals surface area contributed by atoms with Crippen LogP contribution in [0.5, 0.6) is 0 Å². The van der Waals surface area contributed by atoms with Crippen LogP contribution in [0, 0.1) is 24.1 Å². The average Bonchev–Trinajstić information content (AvgIpc) is 3.21. The van der Waals surface area contributed by atoms with Gasteiger partial charge in [0, 0.05) is 11.2 Å². The molecule has 1 amide bonds. The third-order valence-corrected chi connectivity index (χ3v) is 4.80. The molecule has 1 saturated carbocycles. The number of halogens is 1. The maximum absolute atomic E-state index is 13.9. The van der Waals surface area contributed by atoms with E-state index in [4.69, 9.17) is 12.2 Å². The minimum absolute atomic E-state index is 0.196. The number of rotatable bonds is 4. The van der Waals surface area contributed by atoms with Crippen molar-refractivity contribution in [2.75, 3.05) is 18.8 Å². The molecule has 0 spiro atoms. The molecule has 1 aliphatic carbocycles. The Morgan fingerprint density at radius 1 is 1.52 bits per heavy atom. The monoisotopic (exact) mass is 302 g/mol. The van der Waals surface area contributed by atoms with Crippen LogP contribution in [0.25, 0.3) is 10.1 Å². The summed E-state index contributed by atoms with van der Waals surface area (Å²) in [4.78, 5) is 14.7. The lowest BCUT2D eigenvalue weighted by Gasteiger charge is -2.19. The van der Waals surface area contributed by atoms with Gasteiger partial charge in [-0.15, -0.1) is 17.8 Å². The lowest BCUT2D eigenvalue weighted by atomic mass is 10.2. The second-order valence-corrected chi connectivity index (χ2v) is 6.34. The van der Waals surface area contributed by atoms with Gasteiger partial charge in [0.25, 0.3) is 5.91 Å². The molecule has 5 heteroatoms. The topological polar surface area (TPSA) is 46.3 Å². The van der Waals surface area contributed by atoms with Crippen LogP contribution in [0.15, 0.2) is 18.2 Å². The standard InChI is InChI=1S/C16H15FN2OS/c1-2-8-19(9-10-6-7-10)16(20)15-14(18)13-11(17)4-3-5-12(13)21-15/h1,3-5,10H,6-9,18H2. The van der Waals surface area contributed by atoms with Crippen LogP contribution >= 0.6 is 11.3 Å². The first kappa shape index (κ1) is 13.9. The molecule has 2 N–H and O–H groups in total. The number of carbonyl (C=O) groups is 1. The third kappa shape index (κ3) is 2.59. The highest BCUT2D eigenvalue weighted by Crippen LogP contribution is 2.37. The van der Waals surface area contributed by atoms with Crippen molar-refractivity contribution >= 4 is 33.0 Å². The van der Waals surface area contributed by atoms with Crippen LogP contribution in [0.4, 0.5) is 10.1 Å². The molecule has 1 aromatic heterocycles. The summed E-state index contributed by atoms with van der Waals surface area (Å²) in [5.41, 5.74) is 6.21. The Labute approximate surface area is 126 Å². The average molecular weight is 302 g/mol. The van der Waals surface area contributed by atoms with Gasteiger partial charge in [-0.3, -0.25) is 4.79 Å². The molecule has 0 aliphatic heterocycles. The van der Waals surface area contributed by atoms with Crippen molar-refractivity contribution in [3.63, 3.8) is 0 Å². The number of hydrogen-bond donors (Lipinski definition) is 1. The van der Waals surface area contributed by atoms with Gasteiger partial charge in [0.2, 0.25) is 0 Å². The van der Waals surface area contributed by atoms with Crippen molar-refractivity contribution in [3.8, 4) is 12.3 Å². The number of carbonyl (C=O) groups excluding carboxylic acids is 1. The summed E-state index contributed by atoms with van der Waals surface area (Å²) in [7, 11) is 0. The summed E-state index contributed by atoms with van der Waals surface area (Å²) >= 11 is 1.22. The summed E-state index contributed by atoms with van der Waals surface area (Å²) in [5, 5.41) is 0.331. The zero-order chi connectivity index (χ0) is 15.0. The van der Waals surface area contributed by atoms with Gasteiger partial charge in [0.1, 0.15) is 10.7 Å². The molecule has 108 valence electrons. The second-order valence-electron chi connectivity index (χ2n) is 5.29. The smallest absolute Gasteiger partial charge is 0.266 e. The largest absolute Gasteiger partial charge is 0.397 e. The van der Waals surface area contributed by atoms with Crippen LogP contribution < -0.4 is 5.73 Å². The predicted octanol–water partition coefficient (Wildman–Crippen LogP) is 3.11. The van der Waals surface area contributed by atoms with E-state index in [9.17, 15) is 9.18 Å². The maximum atomic E-state index is 13.9. The highest BCUT2D eigenvalue weighted by atomic mass is 32.1. The van der Waals surface area contributed by atoms with Crippen molar-refractivity contribution in [2.45, 2.75) is 12.8 Å². The van der Waals surface area contributed by atoms with E-state index in [0.29, 0.717) is 27.4 Å². The summed E-state index contributed by atoms with van der Waals surface area (Å²) in [6, 6.07) is 4.73. The number of anilines is 1. The lowest BCUT2D eigenvalue weighted by Crippen LogP contribution is -2.33. The number of nitrogens with two attached hydrogens (primary N) is 1. The highest BCUT2D eigenvalue weighted by Gasteiger charge is 2.29.